The third-order valence-electron chi connectivity index (χ3n) is 5.55. The Labute approximate surface area is 188 Å². The SMILES string of the molecule is C#Cc1ccc([C@@H](C)n2cnc3c(N4CCN(C(=O)OC(C)(C)C)CC4)ncnc32)cc1. The maximum absolute atomic E-state index is 12.4. The number of hydrogen-bond acceptors (Lipinski definition) is 6. The van der Waals surface area contributed by atoms with E-state index in [4.69, 9.17) is 11.2 Å². The molecule has 166 valence electrons. The number of benzene rings is 1. The first-order chi connectivity index (χ1) is 15.3. The fourth-order valence-electron chi connectivity index (χ4n) is 3.80. The van der Waals surface area contributed by atoms with Crippen molar-refractivity contribution in [2.75, 3.05) is 31.1 Å². The molecule has 0 N–H and O–H groups in total. The molecule has 8 nitrogen and oxygen atoms in total. The Balaban J connectivity index is 1.52. The summed E-state index contributed by atoms with van der Waals surface area (Å²) >= 11 is 0. The Morgan fingerprint density at radius 1 is 1.09 bits per heavy atom. The van der Waals surface area contributed by atoms with Gasteiger partial charge in [0, 0.05) is 31.7 Å². The lowest BCUT2D eigenvalue weighted by molar-refractivity contribution is 0.0240. The van der Waals surface area contributed by atoms with Gasteiger partial charge in [0.15, 0.2) is 17.0 Å². The molecule has 0 bridgehead atoms. The molecule has 1 amide bonds. The number of terminal acetylenes is 1. The van der Waals surface area contributed by atoms with Gasteiger partial charge in [-0.2, -0.15) is 0 Å². The van der Waals surface area contributed by atoms with Gasteiger partial charge in [0.25, 0.3) is 0 Å². The van der Waals surface area contributed by atoms with Crippen molar-refractivity contribution in [2.45, 2.75) is 39.3 Å². The Morgan fingerprint density at radius 3 is 2.41 bits per heavy atom. The molecule has 0 saturated carbocycles. The number of rotatable bonds is 3. The van der Waals surface area contributed by atoms with Crippen molar-refractivity contribution in [2.24, 2.45) is 0 Å². The number of amides is 1. The monoisotopic (exact) mass is 432 g/mol. The molecular formula is C24H28N6O2. The molecule has 3 heterocycles. The first kappa shape index (κ1) is 21.6. The lowest BCUT2D eigenvalue weighted by Gasteiger charge is -2.36. The van der Waals surface area contributed by atoms with E-state index in [2.05, 4.69) is 32.7 Å². The predicted octanol–water partition coefficient (Wildman–Crippen LogP) is 3.47. The zero-order valence-electron chi connectivity index (χ0n) is 18.9. The molecular weight excluding hydrogens is 404 g/mol. The number of fused-ring (bicyclic) bond motifs is 1. The van der Waals surface area contributed by atoms with Crippen molar-refractivity contribution in [1.29, 1.82) is 0 Å². The second-order valence-electron chi connectivity index (χ2n) is 8.92. The number of anilines is 1. The van der Waals surface area contributed by atoms with E-state index >= 15 is 0 Å². The van der Waals surface area contributed by atoms with Crippen LogP contribution in [0, 0.1) is 12.3 Å². The topological polar surface area (TPSA) is 76.4 Å². The number of nitrogens with zero attached hydrogens (tertiary/aromatic N) is 6. The van der Waals surface area contributed by atoms with Crippen LogP contribution in [-0.4, -0.2) is 62.3 Å². The number of ether oxygens (including phenoxy) is 1. The molecule has 1 aliphatic heterocycles. The molecule has 0 radical (unpaired) electrons. The number of imidazole rings is 1. The van der Waals surface area contributed by atoms with E-state index in [0.29, 0.717) is 26.2 Å². The Bertz CT molecular complexity index is 1150. The van der Waals surface area contributed by atoms with Gasteiger partial charge >= 0.3 is 6.09 Å². The highest BCUT2D eigenvalue weighted by Gasteiger charge is 2.28. The fraction of sp³-hybridized carbons (Fsp3) is 0.417. The first-order valence-corrected chi connectivity index (χ1v) is 10.7. The van der Waals surface area contributed by atoms with Crippen LogP contribution in [-0.2, 0) is 4.74 Å². The van der Waals surface area contributed by atoms with E-state index < -0.39 is 5.60 Å². The number of hydrogen-bond donors (Lipinski definition) is 0. The lowest BCUT2D eigenvalue weighted by Crippen LogP contribution is -2.50. The van der Waals surface area contributed by atoms with Crippen molar-refractivity contribution in [3.63, 3.8) is 0 Å². The van der Waals surface area contributed by atoms with Crippen molar-refractivity contribution in [1.82, 2.24) is 24.4 Å². The highest BCUT2D eigenvalue weighted by atomic mass is 16.6. The van der Waals surface area contributed by atoms with Crippen LogP contribution in [0.2, 0.25) is 0 Å². The van der Waals surface area contributed by atoms with Crippen LogP contribution in [0.25, 0.3) is 11.2 Å². The van der Waals surface area contributed by atoms with Gasteiger partial charge in [0.2, 0.25) is 0 Å². The van der Waals surface area contributed by atoms with Crippen LogP contribution in [0.3, 0.4) is 0 Å². The second-order valence-corrected chi connectivity index (χ2v) is 8.92. The summed E-state index contributed by atoms with van der Waals surface area (Å²) in [6.45, 7) is 10.2. The Hall–Kier alpha value is -3.60. The van der Waals surface area contributed by atoms with Crippen LogP contribution >= 0.6 is 0 Å². The molecule has 32 heavy (non-hydrogen) atoms. The first-order valence-electron chi connectivity index (χ1n) is 10.7. The molecule has 1 atom stereocenters. The third kappa shape index (κ3) is 4.37. The number of carbonyl (C=O) groups is 1. The molecule has 1 aromatic carbocycles. The molecule has 2 aromatic heterocycles. The molecule has 1 fully saturated rings. The van der Waals surface area contributed by atoms with Crippen LogP contribution in [0.15, 0.2) is 36.9 Å². The van der Waals surface area contributed by atoms with Crippen molar-refractivity contribution < 1.29 is 9.53 Å². The summed E-state index contributed by atoms with van der Waals surface area (Å²) in [6, 6.07) is 7.98. The van der Waals surface area contributed by atoms with Gasteiger partial charge in [-0.25, -0.2) is 19.7 Å². The van der Waals surface area contributed by atoms with Crippen molar-refractivity contribution in [3.8, 4) is 12.3 Å². The normalized spacial score (nSPS) is 15.5. The summed E-state index contributed by atoms with van der Waals surface area (Å²) in [7, 11) is 0. The smallest absolute Gasteiger partial charge is 0.410 e. The minimum Gasteiger partial charge on any atom is -0.444 e. The van der Waals surface area contributed by atoms with E-state index in [1.807, 2.05) is 49.6 Å². The average molecular weight is 433 g/mol. The van der Waals surface area contributed by atoms with Gasteiger partial charge in [-0.05, 0) is 45.4 Å². The van der Waals surface area contributed by atoms with Crippen LogP contribution in [0.4, 0.5) is 10.6 Å². The molecule has 4 rings (SSSR count). The summed E-state index contributed by atoms with van der Waals surface area (Å²) in [4.78, 5) is 29.9. The fourth-order valence-corrected chi connectivity index (χ4v) is 3.80. The summed E-state index contributed by atoms with van der Waals surface area (Å²) in [5.74, 6) is 3.43. The third-order valence-corrected chi connectivity index (χ3v) is 5.55. The van der Waals surface area contributed by atoms with E-state index in [1.54, 1.807) is 17.6 Å². The highest BCUT2D eigenvalue weighted by Crippen LogP contribution is 2.27. The van der Waals surface area contributed by atoms with Crippen LogP contribution in [0.5, 0.6) is 0 Å². The van der Waals surface area contributed by atoms with E-state index in [1.165, 1.54) is 0 Å². The lowest BCUT2D eigenvalue weighted by atomic mass is 10.1. The zero-order valence-corrected chi connectivity index (χ0v) is 18.9. The summed E-state index contributed by atoms with van der Waals surface area (Å²) in [6.07, 6.45) is 8.57. The Morgan fingerprint density at radius 2 is 1.78 bits per heavy atom. The van der Waals surface area contributed by atoms with E-state index in [-0.39, 0.29) is 12.1 Å². The molecule has 1 aliphatic rings. The number of aromatic nitrogens is 4. The second kappa shape index (κ2) is 8.50. The van der Waals surface area contributed by atoms with E-state index in [0.717, 1.165) is 28.1 Å². The van der Waals surface area contributed by atoms with Crippen LogP contribution in [0.1, 0.15) is 44.9 Å². The van der Waals surface area contributed by atoms with Gasteiger partial charge in [0.1, 0.15) is 11.9 Å². The van der Waals surface area contributed by atoms with Gasteiger partial charge < -0.3 is 19.1 Å². The van der Waals surface area contributed by atoms with Crippen molar-refractivity contribution in [3.05, 3.63) is 48.0 Å². The van der Waals surface area contributed by atoms with Gasteiger partial charge in [0.05, 0.1) is 12.4 Å². The molecule has 0 unspecified atom stereocenters. The standard InChI is InChI=1S/C24H28N6O2/c1-6-18-7-9-19(10-8-18)17(2)30-16-27-20-21(25-15-26-22(20)30)28-11-13-29(14-12-28)23(31)32-24(3,4)5/h1,7-10,15-17H,11-14H2,2-5H3/t17-/m1/s1. The average Bonchev–Trinajstić information content (AvgIpc) is 3.22. The highest BCUT2D eigenvalue weighted by molar-refractivity contribution is 5.83. The van der Waals surface area contributed by atoms with Crippen molar-refractivity contribution >= 4 is 23.1 Å². The van der Waals surface area contributed by atoms with Gasteiger partial charge in [-0.3, -0.25) is 0 Å². The predicted molar refractivity (Wildman–Crippen MR) is 124 cm³/mol. The number of carbonyl (C=O) groups excluding carboxylic acids is 1. The molecule has 1 saturated heterocycles. The zero-order chi connectivity index (χ0) is 22.9. The maximum atomic E-state index is 12.4. The maximum Gasteiger partial charge on any atom is 0.410 e. The van der Waals surface area contributed by atoms with Gasteiger partial charge in [-0.15, -0.1) is 6.42 Å². The molecule has 3 aromatic rings. The molecule has 0 aliphatic carbocycles. The van der Waals surface area contributed by atoms with E-state index in [9.17, 15) is 4.79 Å². The van der Waals surface area contributed by atoms with Crippen LogP contribution < -0.4 is 4.90 Å². The molecule has 8 heteroatoms. The van der Waals surface area contributed by atoms with Gasteiger partial charge in [-0.1, -0.05) is 18.1 Å². The minimum atomic E-state index is -0.502. The summed E-state index contributed by atoms with van der Waals surface area (Å²) < 4.78 is 7.53. The molecule has 0 spiro atoms. The largest absolute Gasteiger partial charge is 0.444 e. The summed E-state index contributed by atoms with van der Waals surface area (Å²) in [5.41, 5.74) is 3.00. The summed E-state index contributed by atoms with van der Waals surface area (Å²) in [5, 5.41) is 0. The Kier molecular flexibility index (Phi) is 5.74. The minimum absolute atomic E-state index is 0.0404. The number of piperazine rings is 1. The quantitative estimate of drug-likeness (QED) is 0.590.